The highest BCUT2D eigenvalue weighted by Crippen LogP contribution is 2.49. The zero-order valence-corrected chi connectivity index (χ0v) is 19.9. The van der Waals surface area contributed by atoms with Crippen LogP contribution in [-0.4, -0.2) is 30.5 Å². The molecule has 2 saturated heterocycles. The molecule has 0 spiro atoms. The van der Waals surface area contributed by atoms with Crippen molar-refractivity contribution in [2.75, 3.05) is 16.6 Å². The van der Waals surface area contributed by atoms with Crippen molar-refractivity contribution in [3.8, 4) is 0 Å². The Morgan fingerprint density at radius 1 is 1.00 bits per heavy atom. The maximum atomic E-state index is 13.9. The Bertz CT molecular complexity index is 1260. The quantitative estimate of drug-likeness (QED) is 0.396. The minimum Gasteiger partial charge on any atom is -0.462 e. The molecular weight excluding hydrogens is 452 g/mol. The molecular formula is C26H24N2O5S. The normalized spacial score (nSPS) is 21.8. The molecule has 0 unspecified atom stereocenters. The first kappa shape index (κ1) is 22.3. The molecule has 3 atom stereocenters. The average Bonchev–Trinajstić information content (AvgIpc) is 3.45. The van der Waals surface area contributed by atoms with Crippen LogP contribution >= 0.6 is 11.3 Å². The third kappa shape index (κ3) is 3.41. The number of imide groups is 1. The zero-order chi connectivity index (χ0) is 24.0. The summed E-state index contributed by atoms with van der Waals surface area (Å²) in [5.41, 5.74) is 2.60. The first-order valence-electron chi connectivity index (χ1n) is 11.1. The molecule has 0 aliphatic carbocycles. The lowest BCUT2D eigenvalue weighted by Crippen LogP contribution is -2.37. The van der Waals surface area contributed by atoms with Crippen molar-refractivity contribution in [3.63, 3.8) is 0 Å². The van der Waals surface area contributed by atoms with Crippen LogP contribution in [0, 0.1) is 19.8 Å². The maximum absolute atomic E-state index is 13.9. The second-order valence-corrected chi connectivity index (χ2v) is 9.47. The van der Waals surface area contributed by atoms with Crippen LogP contribution in [0.3, 0.4) is 0 Å². The summed E-state index contributed by atoms with van der Waals surface area (Å²) in [6.07, 6.45) is -0.990. The largest absolute Gasteiger partial charge is 0.462 e. The van der Waals surface area contributed by atoms with Crippen LogP contribution in [0.25, 0.3) is 0 Å². The monoisotopic (exact) mass is 476 g/mol. The van der Waals surface area contributed by atoms with Crippen LogP contribution in [0.15, 0.2) is 60.7 Å². The third-order valence-corrected chi connectivity index (χ3v) is 7.51. The molecule has 2 amide bonds. The molecule has 174 valence electrons. The van der Waals surface area contributed by atoms with Crippen LogP contribution < -0.4 is 9.96 Å². The van der Waals surface area contributed by atoms with Crippen LogP contribution in [0.5, 0.6) is 0 Å². The number of ether oxygens (including phenoxy) is 1. The van der Waals surface area contributed by atoms with Gasteiger partial charge in [-0.3, -0.25) is 14.4 Å². The molecule has 0 bridgehead atoms. The Morgan fingerprint density at radius 2 is 1.65 bits per heavy atom. The predicted molar refractivity (Wildman–Crippen MR) is 129 cm³/mol. The summed E-state index contributed by atoms with van der Waals surface area (Å²) in [5, 5.41) is 1.97. The van der Waals surface area contributed by atoms with E-state index in [1.807, 2.05) is 67.6 Å². The van der Waals surface area contributed by atoms with E-state index < -0.39 is 29.9 Å². The van der Waals surface area contributed by atoms with Crippen molar-refractivity contribution in [1.82, 2.24) is 0 Å². The molecule has 0 N–H and O–H groups in total. The molecule has 34 heavy (non-hydrogen) atoms. The molecule has 7 nitrogen and oxygen atoms in total. The van der Waals surface area contributed by atoms with E-state index in [1.54, 1.807) is 18.9 Å². The standard InChI is InChI=1S/C26H24N2O5S/c1-4-32-26(31)19-15(2)16(3)34-25(19)27-23(29)20-21(17-11-7-5-8-12-17)28(33-22(20)24(27)30)18-13-9-6-10-14-18/h5-14,20-22H,4H2,1-3H3/t20-,21-,22+/m0/s1. The number of hydrogen-bond acceptors (Lipinski definition) is 7. The van der Waals surface area contributed by atoms with Gasteiger partial charge in [-0.2, -0.15) is 0 Å². The number of hydroxylamine groups is 1. The predicted octanol–water partition coefficient (Wildman–Crippen LogP) is 4.59. The van der Waals surface area contributed by atoms with E-state index in [-0.39, 0.29) is 18.1 Å². The molecule has 2 aliphatic rings. The second-order valence-electron chi connectivity index (χ2n) is 8.26. The van der Waals surface area contributed by atoms with Crippen molar-refractivity contribution in [2.24, 2.45) is 5.92 Å². The molecule has 0 saturated carbocycles. The van der Waals surface area contributed by atoms with Gasteiger partial charge in [0.2, 0.25) is 5.91 Å². The summed E-state index contributed by atoms with van der Waals surface area (Å²) in [6, 6.07) is 18.5. The average molecular weight is 477 g/mol. The molecule has 3 aromatic rings. The number of aryl methyl sites for hydroxylation is 1. The number of hydrogen-bond donors (Lipinski definition) is 0. The Morgan fingerprint density at radius 3 is 2.29 bits per heavy atom. The van der Waals surface area contributed by atoms with Crippen LogP contribution in [0.1, 0.15) is 39.3 Å². The SMILES string of the molecule is CCOC(=O)c1c(N2C(=O)[C@@H]3[C@@H](ON(c4ccccc4)[C@H]3c3ccccc3)C2=O)sc(C)c1C. The van der Waals surface area contributed by atoms with Gasteiger partial charge in [-0.25, -0.2) is 14.8 Å². The highest BCUT2D eigenvalue weighted by atomic mass is 32.1. The molecule has 2 aromatic carbocycles. The van der Waals surface area contributed by atoms with Crippen LogP contribution in [0.2, 0.25) is 0 Å². The van der Waals surface area contributed by atoms with E-state index in [1.165, 1.54) is 11.3 Å². The van der Waals surface area contributed by atoms with E-state index in [2.05, 4.69) is 0 Å². The van der Waals surface area contributed by atoms with Gasteiger partial charge >= 0.3 is 5.97 Å². The molecule has 2 fully saturated rings. The minimum absolute atomic E-state index is 0.199. The molecule has 5 rings (SSSR count). The van der Waals surface area contributed by atoms with Gasteiger partial charge < -0.3 is 4.74 Å². The van der Waals surface area contributed by atoms with E-state index in [4.69, 9.17) is 9.57 Å². The number of amides is 2. The zero-order valence-electron chi connectivity index (χ0n) is 19.1. The van der Waals surface area contributed by atoms with Gasteiger partial charge in [-0.05, 0) is 44.0 Å². The highest BCUT2D eigenvalue weighted by Gasteiger charge is 2.61. The molecule has 8 heteroatoms. The number of benzene rings is 2. The number of nitrogens with zero attached hydrogens (tertiary/aromatic N) is 2. The number of fused-ring (bicyclic) bond motifs is 1. The van der Waals surface area contributed by atoms with E-state index in [9.17, 15) is 14.4 Å². The first-order valence-corrected chi connectivity index (χ1v) is 12.0. The van der Waals surface area contributed by atoms with Crippen molar-refractivity contribution in [2.45, 2.75) is 32.9 Å². The molecule has 3 heterocycles. The molecule has 1 aromatic heterocycles. The number of carbonyl (C=O) groups is 3. The first-order chi connectivity index (χ1) is 16.4. The fourth-order valence-corrected chi connectivity index (χ4v) is 5.77. The summed E-state index contributed by atoms with van der Waals surface area (Å²) < 4.78 is 5.23. The third-order valence-electron chi connectivity index (χ3n) is 6.32. The fourth-order valence-electron chi connectivity index (χ4n) is 4.61. The Labute approximate surface area is 201 Å². The lowest BCUT2D eigenvalue weighted by molar-refractivity contribution is -0.126. The van der Waals surface area contributed by atoms with Crippen molar-refractivity contribution >= 4 is 39.8 Å². The Balaban J connectivity index is 1.59. The fraction of sp³-hybridized carbons (Fsp3) is 0.269. The molecule has 0 radical (unpaired) electrons. The number of anilines is 2. The number of rotatable bonds is 5. The number of thiophene rings is 1. The Hall–Kier alpha value is -3.49. The lowest BCUT2D eigenvalue weighted by Gasteiger charge is -2.28. The maximum Gasteiger partial charge on any atom is 0.341 e. The van der Waals surface area contributed by atoms with Gasteiger partial charge in [0.15, 0.2) is 6.10 Å². The highest BCUT2D eigenvalue weighted by molar-refractivity contribution is 7.17. The molecule has 2 aliphatic heterocycles. The minimum atomic E-state index is -0.990. The van der Waals surface area contributed by atoms with E-state index >= 15 is 0 Å². The van der Waals surface area contributed by atoms with Crippen LogP contribution in [-0.2, 0) is 19.2 Å². The summed E-state index contributed by atoms with van der Waals surface area (Å²) in [5.74, 6) is -2.15. The van der Waals surface area contributed by atoms with Gasteiger partial charge in [0.1, 0.15) is 10.9 Å². The van der Waals surface area contributed by atoms with Crippen LogP contribution in [0.4, 0.5) is 10.7 Å². The van der Waals surface area contributed by atoms with Crippen molar-refractivity contribution in [3.05, 3.63) is 82.2 Å². The van der Waals surface area contributed by atoms with Crippen molar-refractivity contribution in [1.29, 1.82) is 0 Å². The van der Waals surface area contributed by atoms with Gasteiger partial charge in [0.05, 0.1) is 23.9 Å². The summed E-state index contributed by atoms with van der Waals surface area (Å²) in [7, 11) is 0. The number of carbonyl (C=O) groups excluding carboxylic acids is 3. The van der Waals surface area contributed by atoms with Gasteiger partial charge in [-0.1, -0.05) is 48.5 Å². The second kappa shape index (κ2) is 8.70. The van der Waals surface area contributed by atoms with Gasteiger partial charge in [-0.15, -0.1) is 11.3 Å². The van der Waals surface area contributed by atoms with Gasteiger partial charge in [0, 0.05) is 4.88 Å². The van der Waals surface area contributed by atoms with Gasteiger partial charge in [0.25, 0.3) is 5.91 Å². The van der Waals surface area contributed by atoms with E-state index in [0.29, 0.717) is 10.6 Å². The Kier molecular flexibility index (Phi) is 5.71. The summed E-state index contributed by atoms with van der Waals surface area (Å²) >= 11 is 1.25. The van der Waals surface area contributed by atoms with E-state index in [0.717, 1.165) is 21.0 Å². The lowest BCUT2D eigenvalue weighted by atomic mass is 9.90. The number of para-hydroxylation sites is 1. The van der Waals surface area contributed by atoms with Crippen molar-refractivity contribution < 1.29 is 24.0 Å². The number of esters is 1. The summed E-state index contributed by atoms with van der Waals surface area (Å²) in [4.78, 5) is 48.4. The topological polar surface area (TPSA) is 76.2 Å². The smallest absolute Gasteiger partial charge is 0.341 e. The summed E-state index contributed by atoms with van der Waals surface area (Å²) in [6.45, 7) is 5.58.